The van der Waals surface area contributed by atoms with Gasteiger partial charge in [-0.1, -0.05) is 32.9 Å². The van der Waals surface area contributed by atoms with Gasteiger partial charge >= 0.3 is 0 Å². The lowest BCUT2D eigenvalue weighted by Crippen LogP contribution is -2.23. The lowest BCUT2D eigenvalue weighted by molar-refractivity contribution is 0.328. The smallest absolute Gasteiger partial charge is 0.193 e. The number of hydrogen-bond donors (Lipinski definition) is 2. The van der Waals surface area contributed by atoms with E-state index in [1.165, 1.54) is 5.56 Å². The molecule has 2 aromatic carbocycles. The Morgan fingerprint density at radius 2 is 1.78 bits per heavy atom. The highest BCUT2D eigenvalue weighted by Crippen LogP contribution is 2.29. The van der Waals surface area contributed by atoms with Gasteiger partial charge in [0.25, 0.3) is 0 Å². The molecule has 0 unspecified atom stereocenters. The van der Waals surface area contributed by atoms with Crippen LogP contribution in [0, 0.1) is 0 Å². The van der Waals surface area contributed by atoms with Crippen molar-refractivity contribution in [1.82, 2.24) is 0 Å². The number of hydrogen-bond acceptors (Lipinski definition) is 4. The van der Waals surface area contributed by atoms with Crippen LogP contribution < -0.4 is 25.3 Å². The van der Waals surface area contributed by atoms with Gasteiger partial charge in [-0.25, -0.2) is 4.99 Å². The second-order valence-electron chi connectivity index (χ2n) is 7.09. The zero-order chi connectivity index (χ0) is 19.9. The standard InChI is InChI=1S/C21H29N3O3/c1-21(2,3)15-7-6-8-17(13-15)27-12-11-23-20(22)24-16-9-10-18(25-4)19(14-16)26-5/h6-10,13-14H,11-12H2,1-5H3,(H3,22,23,24). The van der Waals surface area contributed by atoms with Gasteiger partial charge < -0.3 is 25.3 Å². The van der Waals surface area contributed by atoms with Crippen LogP contribution in [0.25, 0.3) is 0 Å². The molecule has 0 aromatic heterocycles. The van der Waals surface area contributed by atoms with Crippen molar-refractivity contribution in [3.8, 4) is 17.2 Å². The van der Waals surface area contributed by atoms with E-state index in [-0.39, 0.29) is 5.41 Å². The molecule has 0 saturated carbocycles. The van der Waals surface area contributed by atoms with Crippen LogP contribution >= 0.6 is 0 Å². The van der Waals surface area contributed by atoms with Gasteiger partial charge in [0.1, 0.15) is 12.4 Å². The van der Waals surface area contributed by atoms with E-state index in [2.05, 4.69) is 43.2 Å². The van der Waals surface area contributed by atoms with Gasteiger partial charge in [-0.2, -0.15) is 0 Å². The number of aliphatic imine (C=N–C) groups is 1. The lowest BCUT2D eigenvalue weighted by Gasteiger charge is -2.19. The molecule has 0 aliphatic rings. The third-order valence-corrected chi connectivity index (χ3v) is 4.00. The predicted molar refractivity (Wildman–Crippen MR) is 110 cm³/mol. The Hall–Kier alpha value is -2.89. The first kappa shape index (κ1) is 20.4. The molecule has 0 fully saturated rings. The van der Waals surface area contributed by atoms with Crippen molar-refractivity contribution >= 4 is 11.6 Å². The van der Waals surface area contributed by atoms with E-state index >= 15 is 0 Å². The molecule has 2 rings (SSSR count). The molecular formula is C21H29N3O3. The molecule has 146 valence electrons. The molecule has 0 heterocycles. The quantitative estimate of drug-likeness (QED) is 0.440. The van der Waals surface area contributed by atoms with E-state index < -0.39 is 0 Å². The summed E-state index contributed by atoms with van der Waals surface area (Å²) in [5, 5.41) is 3.03. The average Bonchev–Trinajstić information content (AvgIpc) is 2.64. The molecular weight excluding hydrogens is 342 g/mol. The normalized spacial score (nSPS) is 11.8. The number of methoxy groups -OCH3 is 2. The summed E-state index contributed by atoms with van der Waals surface area (Å²) in [4.78, 5) is 4.29. The summed E-state index contributed by atoms with van der Waals surface area (Å²) in [5.41, 5.74) is 8.03. The molecule has 6 nitrogen and oxygen atoms in total. The maximum absolute atomic E-state index is 5.94. The molecule has 3 N–H and O–H groups in total. The zero-order valence-electron chi connectivity index (χ0n) is 16.7. The number of ether oxygens (including phenoxy) is 3. The van der Waals surface area contributed by atoms with Crippen molar-refractivity contribution in [1.29, 1.82) is 0 Å². The second kappa shape index (κ2) is 9.16. The summed E-state index contributed by atoms with van der Waals surface area (Å²) in [6, 6.07) is 13.6. The van der Waals surface area contributed by atoms with Crippen molar-refractivity contribution in [2.45, 2.75) is 26.2 Å². The maximum atomic E-state index is 5.94. The van der Waals surface area contributed by atoms with E-state index in [0.717, 1.165) is 11.4 Å². The monoisotopic (exact) mass is 371 g/mol. The number of benzene rings is 2. The van der Waals surface area contributed by atoms with Crippen LogP contribution in [0.3, 0.4) is 0 Å². The molecule has 0 radical (unpaired) electrons. The SMILES string of the molecule is COc1ccc(NC(N)=NCCOc2cccc(C(C)(C)C)c2)cc1OC. The molecule has 2 aromatic rings. The summed E-state index contributed by atoms with van der Waals surface area (Å²) < 4.78 is 16.3. The largest absolute Gasteiger partial charge is 0.493 e. The van der Waals surface area contributed by atoms with E-state index in [1.807, 2.05) is 18.2 Å². The summed E-state index contributed by atoms with van der Waals surface area (Å²) in [5.74, 6) is 2.43. The predicted octanol–water partition coefficient (Wildman–Crippen LogP) is 3.81. The molecule has 0 saturated heterocycles. The highest BCUT2D eigenvalue weighted by Gasteiger charge is 2.13. The van der Waals surface area contributed by atoms with Crippen LogP contribution in [0.15, 0.2) is 47.5 Å². The summed E-state index contributed by atoms with van der Waals surface area (Å²) >= 11 is 0. The molecule has 0 bridgehead atoms. The van der Waals surface area contributed by atoms with E-state index in [0.29, 0.717) is 30.6 Å². The van der Waals surface area contributed by atoms with Crippen LogP contribution in [0.1, 0.15) is 26.3 Å². The van der Waals surface area contributed by atoms with Crippen LogP contribution in [0.2, 0.25) is 0 Å². The van der Waals surface area contributed by atoms with Crippen molar-refractivity contribution in [2.24, 2.45) is 10.7 Å². The van der Waals surface area contributed by atoms with Gasteiger partial charge in [-0.05, 0) is 35.2 Å². The van der Waals surface area contributed by atoms with Gasteiger partial charge in [-0.15, -0.1) is 0 Å². The Labute approximate surface area is 161 Å². The molecule has 0 spiro atoms. The fourth-order valence-electron chi connectivity index (χ4n) is 2.48. The van der Waals surface area contributed by atoms with Crippen LogP contribution in [-0.2, 0) is 5.41 Å². The van der Waals surface area contributed by atoms with E-state index in [1.54, 1.807) is 26.4 Å². The number of nitrogens with two attached hydrogens (primary N) is 1. The first-order valence-corrected chi connectivity index (χ1v) is 8.86. The Morgan fingerprint density at radius 3 is 2.44 bits per heavy atom. The van der Waals surface area contributed by atoms with E-state index in [4.69, 9.17) is 19.9 Å². The maximum Gasteiger partial charge on any atom is 0.193 e. The first-order valence-electron chi connectivity index (χ1n) is 8.86. The van der Waals surface area contributed by atoms with Gasteiger partial charge in [0.05, 0.1) is 20.8 Å². The number of anilines is 1. The Kier molecular flexibility index (Phi) is 6.93. The van der Waals surface area contributed by atoms with Crippen molar-refractivity contribution in [2.75, 3.05) is 32.7 Å². The Balaban J connectivity index is 1.88. The number of nitrogens with zero attached hydrogens (tertiary/aromatic N) is 1. The van der Waals surface area contributed by atoms with Gasteiger partial charge in [0.2, 0.25) is 0 Å². The van der Waals surface area contributed by atoms with Gasteiger partial charge in [-0.3, -0.25) is 0 Å². The summed E-state index contributed by atoms with van der Waals surface area (Å²) in [7, 11) is 3.18. The van der Waals surface area contributed by atoms with E-state index in [9.17, 15) is 0 Å². The molecule has 0 atom stereocenters. The topological polar surface area (TPSA) is 78.1 Å². The minimum absolute atomic E-state index is 0.0886. The molecule has 27 heavy (non-hydrogen) atoms. The van der Waals surface area contributed by atoms with Crippen molar-refractivity contribution < 1.29 is 14.2 Å². The van der Waals surface area contributed by atoms with Crippen LogP contribution in [0.4, 0.5) is 5.69 Å². The Morgan fingerprint density at radius 1 is 1.04 bits per heavy atom. The highest BCUT2D eigenvalue weighted by molar-refractivity contribution is 5.92. The third-order valence-electron chi connectivity index (χ3n) is 4.00. The summed E-state index contributed by atoms with van der Waals surface area (Å²) in [6.45, 7) is 7.43. The fraction of sp³-hybridized carbons (Fsp3) is 0.381. The Bertz CT molecular complexity index is 782. The molecule has 0 amide bonds. The second-order valence-corrected chi connectivity index (χ2v) is 7.09. The molecule has 6 heteroatoms. The minimum atomic E-state index is 0.0886. The fourth-order valence-corrected chi connectivity index (χ4v) is 2.48. The number of nitrogens with one attached hydrogen (secondary N) is 1. The zero-order valence-corrected chi connectivity index (χ0v) is 16.7. The highest BCUT2D eigenvalue weighted by atomic mass is 16.5. The van der Waals surface area contributed by atoms with Gasteiger partial charge in [0, 0.05) is 11.8 Å². The molecule has 0 aliphatic heterocycles. The number of guanidine groups is 1. The lowest BCUT2D eigenvalue weighted by atomic mass is 9.87. The van der Waals surface area contributed by atoms with Crippen molar-refractivity contribution in [3.63, 3.8) is 0 Å². The van der Waals surface area contributed by atoms with Crippen LogP contribution in [0.5, 0.6) is 17.2 Å². The van der Waals surface area contributed by atoms with Gasteiger partial charge in [0.15, 0.2) is 17.5 Å². The average molecular weight is 371 g/mol. The van der Waals surface area contributed by atoms with Crippen molar-refractivity contribution in [3.05, 3.63) is 48.0 Å². The summed E-state index contributed by atoms with van der Waals surface area (Å²) in [6.07, 6.45) is 0. The molecule has 0 aliphatic carbocycles. The van der Waals surface area contributed by atoms with Crippen LogP contribution in [-0.4, -0.2) is 33.3 Å². The number of rotatable bonds is 7. The third kappa shape index (κ3) is 6.09. The first-order chi connectivity index (χ1) is 12.8. The minimum Gasteiger partial charge on any atom is -0.493 e.